The van der Waals surface area contributed by atoms with Crippen LogP contribution in [-0.2, 0) is 14.8 Å². The Morgan fingerprint density at radius 2 is 1.83 bits per heavy atom. The summed E-state index contributed by atoms with van der Waals surface area (Å²) in [7, 11) is -0.320. The fourth-order valence-electron chi connectivity index (χ4n) is 2.59. The zero-order chi connectivity index (χ0) is 21.0. The van der Waals surface area contributed by atoms with Crippen molar-refractivity contribution in [3.8, 4) is 0 Å². The molecule has 1 aromatic heterocycles. The van der Waals surface area contributed by atoms with Gasteiger partial charge in [0.1, 0.15) is 10.6 Å². The number of morpholine rings is 1. The van der Waals surface area contributed by atoms with E-state index in [0.29, 0.717) is 18.9 Å². The fraction of sp³-hybridized carbons (Fsp3) is 0.333. The average Bonchev–Trinajstić information content (AvgIpc) is 3.21. The Balaban J connectivity index is 1.65. The molecule has 1 fully saturated rings. The van der Waals surface area contributed by atoms with Crippen molar-refractivity contribution in [3.63, 3.8) is 0 Å². The zero-order valence-corrected chi connectivity index (χ0v) is 17.7. The minimum atomic E-state index is -3.67. The predicted octanol–water partition coefficient (Wildman–Crippen LogP) is 2.06. The number of benzene rings is 1. The van der Waals surface area contributed by atoms with Gasteiger partial charge in [-0.25, -0.2) is 8.42 Å². The van der Waals surface area contributed by atoms with E-state index in [1.54, 1.807) is 38.4 Å². The van der Waals surface area contributed by atoms with Gasteiger partial charge in [-0.1, -0.05) is 0 Å². The Morgan fingerprint density at radius 3 is 2.45 bits per heavy atom. The summed E-state index contributed by atoms with van der Waals surface area (Å²) in [6.07, 6.45) is 1.31. The molecule has 0 atom stereocenters. The number of anilines is 1. The van der Waals surface area contributed by atoms with Crippen LogP contribution in [0.5, 0.6) is 0 Å². The van der Waals surface area contributed by atoms with E-state index in [1.165, 1.54) is 21.5 Å². The molecular weight excluding hydrogens is 416 g/mol. The van der Waals surface area contributed by atoms with Crippen LogP contribution in [-0.4, -0.2) is 74.2 Å². The monoisotopic (exact) mass is 438 g/mol. The summed E-state index contributed by atoms with van der Waals surface area (Å²) in [5.74, 6) is -0.460. The van der Waals surface area contributed by atoms with Gasteiger partial charge in [-0.3, -0.25) is 9.59 Å². The number of nitrogens with one attached hydrogen (secondary N) is 2. The molecule has 1 saturated heterocycles. The van der Waals surface area contributed by atoms with Crippen LogP contribution in [0.2, 0.25) is 0 Å². The molecule has 2 amide bonds. The maximum absolute atomic E-state index is 12.6. The first-order valence-corrected chi connectivity index (χ1v) is 11.1. The third-order valence-corrected chi connectivity index (χ3v) is 7.12. The van der Waals surface area contributed by atoms with Crippen LogP contribution < -0.4 is 5.32 Å². The van der Waals surface area contributed by atoms with Gasteiger partial charge in [0.15, 0.2) is 0 Å². The predicted molar refractivity (Wildman–Crippen MR) is 110 cm³/mol. The van der Waals surface area contributed by atoms with E-state index in [2.05, 4.69) is 10.3 Å². The van der Waals surface area contributed by atoms with Gasteiger partial charge in [0.25, 0.3) is 11.1 Å². The molecule has 11 heteroatoms. The first-order chi connectivity index (χ1) is 13.8. The van der Waals surface area contributed by atoms with Crippen molar-refractivity contribution >= 4 is 38.6 Å². The number of amides is 2. The smallest absolute Gasteiger partial charge is 0.285 e. The first-order valence-electron chi connectivity index (χ1n) is 8.84. The van der Waals surface area contributed by atoms with Crippen LogP contribution in [0.3, 0.4) is 0 Å². The highest BCUT2D eigenvalue weighted by Crippen LogP contribution is 2.23. The Bertz CT molecular complexity index is 980. The number of aromatic nitrogens is 1. The van der Waals surface area contributed by atoms with Crippen molar-refractivity contribution in [1.29, 1.82) is 0 Å². The van der Waals surface area contributed by atoms with Crippen molar-refractivity contribution in [2.24, 2.45) is 0 Å². The first kappa shape index (κ1) is 21.4. The third kappa shape index (κ3) is 5.18. The lowest BCUT2D eigenvalue weighted by Crippen LogP contribution is -2.40. The van der Waals surface area contributed by atoms with Crippen molar-refractivity contribution in [2.45, 2.75) is 9.79 Å². The Hall–Kier alpha value is -2.34. The molecule has 1 aliphatic rings. The number of nitrogens with zero attached hydrogens (tertiary/aromatic N) is 2. The lowest BCUT2D eigenvalue weighted by atomic mass is 10.3. The molecule has 2 N–H and O–H groups in total. The molecule has 0 saturated carbocycles. The van der Waals surface area contributed by atoms with Crippen molar-refractivity contribution in [1.82, 2.24) is 14.2 Å². The number of sulfonamides is 1. The van der Waals surface area contributed by atoms with E-state index in [0.717, 1.165) is 16.7 Å². The summed E-state index contributed by atoms with van der Waals surface area (Å²) in [4.78, 5) is 29.1. The summed E-state index contributed by atoms with van der Waals surface area (Å²) < 4.78 is 31.8. The topological polar surface area (TPSA) is 112 Å². The lowest BCUT2D eigenvalue weighted by molar-refractivity contribution is 0.0730. The van der Waals surface area contributed by atoms with Crippen molar-refractivity contribution in [2.75, 3.05) is 45.7 Å². The second-order valence-corrected chi connectivity index (χ2v) is 9.47. The van der Waals surface area contributed by atoms with E-state index in [-0.39, 0.29) is 28.9 Å². The molecule has 0 spiro atoms. The Labute approximate surface area is 173 Å². The van der Waals surface area contributed by atoms with E-state index in [4.69, 9.17) is 4.74 Å². The number of H-pyrrole nitrogens is 1. The van der Waals surface area contributed by atoms with Crippen LogP contribution in [0.15, 0.2) is 46.3 Å². The zero-order valence-electron chi connectivity index (χ0n) is 16.0. The summed E-state index contributed by atoms with van der Waals surface area (Å²) in [5, 5.41) is 2.61. The minimum absolute atomic E-state index is 0.0403. The number of carbonyl (C=O) groups is 2. The minimum Gasteiger partial charge on any atom is -0.379 e. The van der Waals surface area contributed by atoms with Gasteiger partial charge < -0.3 is 19.9 Å². The largest absolute Gasteiger partial charge is 0.379 e. The van der Waals surface area contributed by atoms with E-state index < -0.39 is 15.9 Å². The van der Waals surface area contributed by atoms with Gasteiger partial charge in [-0.05, 0) is 42.1 Å². The number of rotatable bonds is 5. The molecular formula is C18H22N4O5S2. The van der Waals surface area contributed by atoms with Crippen LogP contribution in [0.25, 0.3) is 0 Å². The standard InChI is InChI=1S/C18H22N4O5S2/c1-21(2)18(24)28-14-5-3-13(4-6-14)20-17(23)16-11-15(12-19-16)29(25,26)22-7-9-27-10-8-22/h3-6,11-12,19H,7-10H2,1-2H3,(H,20,23). The quantitative estimate of drug-likeness (QED) is 0.691. The molecule has 2 aromatic rings. The molecule has 2 heterocycles. The Morgan fingerprint density at radius 1 is 1.17 bits per heavy atom. The second-order valence-electron chi connectivity index (χ2n) is 6.51. The number of hydrogen-bond acceptors (Lipinski definition) is 6. The highest BCUT2D eigenvalue weighted by molar-refractivity contribution is 8.13. The normalized spacial score (nSPS) is 15.1. The second kappa shape index (κ2) is 8.99. The van der Waals surface area contributed by atoms with Crippen molar-refractivity contribution in [3.05, 3.63) is 42.2 Å². The maximum atomic E-state index is 12.6. The number of aromatic amines is 1. The van der Waals surface area contributed by atoms with Crippen LogP contribution >= 0.6 is 11.8 Å². The molecule has 0 bridgehead atoms. The molecule has 29 heavy (non-hydrogen) atoms. The molecule has 0 unspecified atom stereocenters. The van der Waals surface area contributed by atoms with E-state index >= 15 is 0 Å². The molecule has 3 rings (SSSR count). The van der Waals surface area contributed by atoms with Crippen LogP contribution in [0.4, 0.5) is 10.5 Å². The molecule has 0 aliphatic carbocycles. The van der Waals surface area contributed by atoms with E-state index in [1.807, 2.05) is 0 Å². The summed E-state index contributed by atoms with van der Waals surface area (Å²) in [6, 6.07) is 8.13. The lowest BCUT2D eigenvalue weighted by Gasteiger charge is -2.25. The van der Waals surface area contributed by atoms with Crippen molar-refractivity contribution < 1.29 is 22.7 Å². The summed E-state index contributed by atoms with van der Waals surface area (Å²) >= 11 is 1.08. The summed E-state index contributed by atoms with van der Waals surface area (Å²) in [6.45, 7) is 1.28. The van der Waals surface area contributed by atoms with E-state index in [9.17, 15) is 18.0 Å². The molecule has 1 aromatic carbocycles. The average molecular weight is 439 g/mol. The van der Waals surface area contributed by atoms with Crippen LogP contribution in [0.1, 0.15) is 10.5 Å². The molecule has 9 nitrogen and oxygen atoms in total. The summed E-state index contributed by atoms with van der Waals surface area (Å²) in [5.41, 5.74) is 0.668. The Kier molecular flexibility index (Phi) is 6.63. The van der Waals surface area contributed by atoms with Gasteiger partial charge in [-0.2, -0.15) is 4.31 Å². The van der Waals surface area contributed by atoms with Gasteiger partial charge >= 0.3 is 0 Å². The highest BCUT2D eigenvalue weighted by atomic mass is 32.2. The number of hydrogen-bond donors (Lipinski definition) is 2. The third-order valence-electron chi connectivity index (χ3n) is 4.19. The number of thioether (sulfide) groups is 1. The van der Waals surface area contributed by atoms with Gasteiger partial charge in [-0.15, -0.1) is 0 Å². The van der Waals surface area contributed by atoms with Crippen LogP contribution in [0, 0.1) is 0 Å². The maximum Gasteiger partial charge on any atom is 0.285 e. The van der Waals surface area contributed by atoms with Gasteiger partial charge in [0.2, 0.25) is 10.0 Å². The molecule has 1 aliphatic heterocycles. The number of ether oxygens (including phenoxy) is 1. The van der Waals surface area contributed by atoms with Gasteiger partial charge in [0, 0.05) is 44.0 Å². The highest BCUT2D eigenvalue weighted by Gasteiger charge is 2.28. The SMILES string of the molecule is CN(C)C(=O)Sc1ccc(NC(=O)c2cc(S(=O)(=O)N3CCOCC3)c[nH]2)cc1. The fourth-order valence-corrected chi connectivity index (χ4v) is 4.65. The molecule has 156 valence electrons. The molecule has 0 radical (unpaired) electrons. The van der Waals surface area contributed by atoms with Gasteiger partial charge in [0.05, 0.1) is 13.2 Å². The number of carbonyl (C=O) groups excluding carboxylic acids is 2.